The van der Waals surface area contributed by atoms with Gasteiger partial charge in [0.1, 0.15) is 12.4 Å². The van der Waals surface area contributed by atoms with Crippen molar-refractivity contribution >= 4 is 33.0 Å². The van der Waals surface area contributed by atoms with Gasteiger partial charge >= 0.3 is 0 Å². The number of aryl methyl sites for hydroxylation is 1. The second kappa shape index (κ2) is 8.00. The number of carbonyl (C=O) groups excluding carboxylic acids is 2. The molecule has 1 aromatic carbocycles. The van der Waals surface area contributed by atoms with E-state index in [1.165, 1.54) is 17.2 Å². The molecule has 2 amide bonds. The number of amides is 2. The molecule has 3 heterocycles. The van der Waals surface area contributed by atoms with E-state index >= 15 is 0 Å². The quantitative estimate of drug-likeness (QED) is 0.664. The van der Waals surface area contributed by atoms with Gasteiger partial charge < -0.3 is 10.1 Å². The summed E-state index contributed by atoms with van der Waals surface area (Å²) in [6.45, 7) is 6.04. The number of benzene rings is 1. The second-order valence-electron chi connectivity index (χ2n) is 9.52. The summed E-state index contributed by atoms with van der Waals surface area (Å²) in [6.07, 6.45) is -1.33. The molecule has 8 nitrogen and oxygen atoms in total. The number of hydrogen-bond donors (Lipinski definition) is 1. The van der Waals surface area contributed by atoms with E-state index in [2.05, 4.69) is 10.3 Å². The summed E-state index contributed by atoms with van der Waals surface area (Å²) in [6, 6.07) is 6.32. The Morgan fingerprint density at radius 1 is 1.21 bits per heavy atom. The summed E-state index contributed by atoms with van der Waals surface area (Å²) < 4.78 is 53.3. The Bertz CT molecular complexity index is 1280. The van der Waals surface area contributed by atoms with Gasteiger partial charge in [-0.25, -0.2) is 17.2 Å². The molecule has 1 fully saturated rings. The fraction of sp³-hybridized carbons (Fsp3) is 0.435. The lowest BCUT2D eigenvalue weighted by atomic mass is 9.85. The van der Waals surface area contributed by atoms with Crippen LogP contribution < -0.4 is 15.0 Å². The zero-order chi connectivity index (χ0) is 25.1. The van der Waals surface area contributed by atoms with Gasteiger partial charge in [-0.3, -0.25) is 19.5 Å². The van der Waals surface area contributed by atoms with Crippen LogP contribution in [0.2, 0.25) is 0 Å². The molecule has 1 saturated heterocycles. The number of nitrogens with zero attached hydrogens (tertiary/aromatic N) is 2. The van der Waals surface area contributed by atoms with Crippen LogP contribution in [0.4, 0.5) is 20.2 Å². The average molecular weight is 494 g/mol. The minimum atomic E-state index is -3.13. The number of aromatic nitrogens is 1. The second-order valence-corrected chi connectivity index (χ2v) is 11.6. The Morgan fingerprint density at radius 3 is 2.50 bits per heavy atom. The van der Waals surface area contributed by atoms with Crippen molar-refractivity contribution in [2.75, 3.05) is 23.0 Å². The summed E-state index contributed by atoms with van der Waals surface area (Å²) in [5.74, 6) is -0.829. The van der Waals surface area contributed by atoms with Crippen LogP contribution >= 0.6 is 0 Å². The third-order valence-electron chi connectivity index (χ3n) is 6.06. The van der Waals surface area contributed by atoms with E-state index in [4.69, 9.17) is 4.74 Å². The zero-order valence-electron chi connectivity index (χ0n) is 19.2. The molecular formula is C23H25F2N3O5S. The van der Waals surface area contributed by atoms with E-state index in [1.807, 2.05) is 0 Å². The standard InChI is InChI=1S/C23H25F2N3O5S/c1-13-18(8-15(9-26-13)33-10-19(24)25)28-17-6-5-14(7-16(17)22(2,3)21(28)30)20(29)27-23(4)11-34(31,32)12-23/h5-9,19H,10-12H2,1-4H3,(H,27,29). The van der Waals surface area contributed by atoms with Gasteiger partial charge in [0.25, 0.3) is 12.3 Å². The smallest absolute Gasteiger partial charge is 0.272 e. The predicted octanol–water partition coefficient (Wildman–Crippen LogP) is 2.91. The molecular weight excluding hydrogens is 468 g/mol. The Hall–Kier alpha value is -3.08. The molecule has 0 spiro atoms. The average Bonchev–Trinajstić information content (AvgIpc) is 2.91. The lowest BCUT2D eigenvalue weighted by molar-refractivity contribution is -0.121. The monoisotopic (exact) mass is 493 g/mol. The van der Waals surface area contributed by atoms with Crippen LogP contribution in [0, 0.1) is 6.92 Å². The topological polar surface area (TPSA) is 106 Å². The summed E-state index contributed by atoms with van der Waals surface area (Å²) in [5, 5.41) is 2.77. The molecule has 0 atom stereocenters. The Balaban J connectivity index is 1.67. The number of pyridine rings is 1. The number of nitrogens with one attached hydrogen (secondary N) is 1. The largest absolute Gasteiger partial charge is 0.486 e. The van der Waals surface area contributed by atoms with Crippen molar-refractivity contribution in [1.82, 2.24) is 10.3 Å². The summed E-state index contributed by atoms with van der Waals surface area (Å²) >= 11 is 0. The molecule has 0 aliphatic carbocycles. The van der Waals surface area contributed by atoms with Crippen LogP contribution in [-0.4, -0.2) is 55.3 Å². The van der Waals surface area contributed by atoms with Crippen molar-refractivity contribution in [3.8, 4) is 5.75 Å². The lowest BCUT2D eigenvalue weighted by Crippen LogP contribution is -2.63. The predicted molar refractivity (Wildman–Crippen MR) is 122 cm³/mol. The number of carbonyl (C=O) groups is 2. The molecule has 34 heavy (non-hydrogen) atoms. The van der Waals surface area contributed by atoms with Crippen molar-refractivity contribution in [1.29, 1.82) is 0 Å². The number of rotatable bonds is 6. The van der Waals surface area contributed by atoms with E-state index in [9.17, 15) is 26.8 Å². The Kier molecular flexibility index (Phi) is 5.66. The Morgan fingerprint density at radius 2 is 1.88 bits per heavy atom. The number of hydrogen-bond acceptors (Lipinski definition) is 6. The first-order chi connectivity index (χ1) is 15.7. The fourth-order valence-corrected chi connectivity index (χ4v) is 6.43. The number of alkyl halides is 2. The SMILES string of the molecule is Cc1ncc(OCC(F)F)cc1N1C(=O)C(C)(C)c2cc(C(=O)NC3(C)CS(=O)(=O)C3)ccc21. The minimum absolute atomic E-state index is 0.111. The summed E-state index contributed by atoms with van der Waals surface area (Å²) in [5.41, 5.74) is 0.538. The van der Waals surface area contributed by atoms with Gasteiger partial charge in [0, 0.05) is 11.6 Å². The fourth-order valence-electron chi connectivity index (χ4n) is 4.43. The van der Waals surface area contributed by atoms with Crippen LogP contribution in [0.3, 0.4) is 0 Å². The summed E-state index contributed by atoms with van der Waals surface area (Å²) in [7, 11) is -3.13. The molecule has 4 rings (SSSR count). The lowest BCUT2D eigenvalue weighted by Gasteiger charge is -2.38. The first-order valence-corrected chi connectivity index (χ1v) is 12.4. The molecule has 0 bridgehead atoms. The van der Waals surface area contributed by atoms with Crippen molar-refractivity contribution in [2.24, 2.45) is 0 Å². The van der Waals surface area contributed by atoms with Crippen molar-refractivity contribution < 1.29 is 31.5 Å². The van der Waals surface area contributed by atoms with Crippen molar-refractivity contribution in [2.45, 2.75) is 45.1 Å². The van der Waals surface area contributed by atoms with Gasteiger partial charge in [-0.2, -0.15) is 0 Å². The Labute approximate surface area is 196 Å². The van der Waals surface area contributed by atoms with Gasteiger partial charge in [-0.15, -0.1) is 0 Å². The highest BCUT2D eigenvalue weighted by molar-refractivity contribution is 7.93. The maximum Gasteiger partial charge on any atom is 0.272 e. The van der Waals surface area contributed by atoms with E-state index in [0.717, 1.165) is 0 Å². The van der Waals surface area contributed by atoms with E-state index in [-0.39, 0.29) is 23.2 Å². The van der Waals surface area contributed by atoms with Crippen molar-refractivity contribution in [3.63, 3.8) is 0 Å². The molecule has 0 saturated carbocycles. The third-order valence-corrected chi connectivity index (χ3v) is 8.21. The molecule has 1 N–H and O–H groups in total. The summed E-state index contributed by atoms with van der Waals surface area (Å²) in [4.78, 5) is 31.9. The number of anilines is 2. The van der Waals surface area contributed by atoms with Crippen LogP contribution in [0.5, 0.6) is 5.75 Å². The van der Waals surface area contributed by atoms with Gasteiger partial charge in [-0.05, 0) is 51.5 Å². The number of fused-ring (bicyclic) bond motifs is 1. The first-order valence-electron chi connectivity index (χ1n) is 10.6. The molecule has 2 aliphatic heterocycles. The van der Waals surface area contributed by atoms with E-state index < -0.39 is 39.7 Å². The van der Waals surface area contributed by atoms with Gasteiger partial charge in [0.2, 0.25) is 5.91 Å². The molecule has 2 aliphatic rings. The van der Waals surface area contributed by atoms with E-state index in [0.29, 0.717) is 28.2 Å². The molecule has 11 heteroatoms. The molecule has 182 valence electrons. The number of sulfone groups is 1. The highest BCUT2D eigenvalue weighted by Gasteiger charge is 2.47. The van der Waals surface area contributed by atoms with E-state index in [1.54, 1.807) is 45.9 Å². The molecule has 2 aromatic rings. The maximum atomic E-state index is 13.4. The highest BCUT2D eigenvalue weighted by Crippen LogP contribution is 2.46. The van der Waals surface area contributed by atoms with Gasteiger partial charge in [0.05, 0.1) is 45.7 Å². The highest BCUT2D eigenvalue weighted by atomic mass is 32.2. The van der Waals surface area contributed by atoms with Crippen molar-refractivity contribution in [3.05, 3.63) is 47.3 Å². The minimum Gasteiger partial charge on any atom is -0.486 e. The zero-order valence-corrected chi connectivity index (χ0v) is 20.0. The number of ether oxygens (including phenoxy) is 1. The number of halogens is 2. The third kappa shape index (κ3) is 4.24. The van der Waals surface area contributed by atoms with Crippen LogP contribution in [0.15, 0.2) is 30.5 Å². The van der Waals surface area contributed by atoms with Gasteiger partial charge in [-0.1, -0.05) is 0 Å². The van der Waals surface area contributed by atoms with Crippen LogP contribution in [-0.2, 0) is 20.0 Å². The van der Waals surface area contributed by atoms with Crippen LogP contribution in [0.1, 0.15) is 42.4 Å². The molecule has 0 radical (unpaired) electrons. The molecule has 0 unspecified atom stereocenters. The van der Waals surface area contributed by atoms with Crippen LogP contribution in [0.25, 0.3) is 0 Å². The maximum absolute atomic E-state index is 13.4. The normalized spacial score (nSPS) is 19.5. The first kappa shape index (κ1) is 24.1. The van der Waals surface area contributed by atoms with Gasteiger partial charge in [0.15, 0.2) is 9.84 Å². The molecule has 1 aromatic heterocycles.